The molecule has 154 valence electrons. The number of carbonyl (C=O) groups excluding carboxylic acids is 2. The van der Waals surface area contributed by atoms with E-state index in [4.69, 9.17) is 19.9 Å². The molecule has 0 saturated carbocycles. The number of esters is 1. The minimum Gasteiger partial charge on any atom is -0.497 e. The Hall–Kier alpha value is -2.95. The highest BCUT2D eigenvalue weighted by atomic mass is 32.2. The van der Waals surface area contributed by atoms with Gasteiger partial charge in [-0.05, 0) is 30.3 Å². The zero-order chi connectivity index (χ0) is 21.0. The van der Waals surface area contributed by atoms with E-state index in [9.17, 15) is 18.0 Å². The van der Waals surface area contributed by atoms with Crippen LogP contribution in [0.15, 0.2) is 47.4 Å². The van der Waals surface area contributed by atoms with Crippen LogP contribution >= 0.6 is 0 Å². The molecule has 1 fully saturated rings. The van der Waals surface area contributed by atoms with E-state index in [0.29, 0.717) is 19.0 Å². The Morgan fingerprint density at radius 3 is 2.48 bits per heavy atom. The molecule has 3 rings (SSSR count). The summed E-state index contributed by atoms with van der Waals surface area (Å²) in [5.41, 5.74) is 5.33. The van der Waals surface area contributed by atoms with Crippen LogP contribution < -0.4 is 15.2 Å². The normalized spacial score (nSPS) is 14.9. The van der Waals surface area contributed by atoms with Gasteiger partial charge < -0.3 is 19.9 Å². The lowest BCUT2D eigenvalue weighted by molar-refractivity contribution is 0.0726. The number of nitrogens with two attached hydrogens (primary N) is 1. The predicted octanol–water partition coefficient (Wildman–Crippen LogP) is 1.03. The highest BCUT2D eigenvalue weighted by molar-refractivity contribution is 7.89. The fraction of sp³-hybridized carbons (Fsp3) is 0.263. The molecule has 1 amide bonds. The van der Waals surface area contributed by atoms with Crippen molar-refractivity contribution in [3.05, 3.63) is 53.6 Å². The molecule has 1 saturated heterocycles. The minimum atomic E-state index is -3.77. The van der Waals surface area contributed by atoms with Crippen LogP contribution in [0.2, 0.25) is 0 Å². The number of carbonyl (C=O) groups is 2. The summed E-state index contributed by atoms with van der Waals surface area (Å²) in [6.45, 7) is 1.10. The van der Waals surface area contributed by atoms with Crippen LogP contribution in [-0.4, -0.2) is 58.0 Å². The molecule has 0 spiro atoms. The van der Waals surface area contributed by atoms with Crippen LogP contribution in [0, 0.1) is 0 Å². The smallest absolute Gasteiger partial charge is 0.343 e. The van der Waals surface area contributed by atoms with Gasteiger partial charge in [0.1, 0.15) is 11.5 Å². The Balaban J connectivity index is 1.88. The van der Waals surface area contributed by atoms with E-state index < -0.39 is 21.9 Å². The Morgan fingerprint density at radius 2 is 1.83 bits per heavy atom. The average Bonchev–Trinajstić information content (AvgIpc) is 2.74. The topological polar surface area (TPSA) is 125 Å². The molecule has 0 radical (unpaired) electrons. The highest BCUT2D eigenvalue weighted by Crippen LogP contribution is 2.26. The van der Waals surface area contributed by atoms with Crippen molar-refractivity contribution in [2.75, 3.05) is 33.4 Å². The zero-order valence-corrected chi connectivity index (χ0v) is 16.5. The van der Waals surface area contributed by atoms with Gasteiger partial charge in [0, 0.05) is 19.2 Å². The quantitative estimate of drug-likeness (QED) is 0.547. The second-order valence-electron chi connectivity index (χ2n) is 6.16. The summed E-state index contributed by atoms with van der Waals surface area (Å²) in [5.74, 6) is -1.33. The van der Waals surface area contributed by atoms with E-state index in [1.165, 1.54) is 53.9 Å². The predicted molar refractivity (Wildman–Crippen MR) is 102 cm³/mol. The van der Waals surface area contributed by atoms with Gasteiger partial charge in [0.15, 0.2) is 0 Å². The molecule has 0 atom stereocenters. The zero-order valence-electron chi connectivity index (χ0n) is 15.7. The first-order valence-electron chi connectivity index (χ1n) is 8.71. The van der Waals surface area contributed by atoms with E-state index >= 15 is 0 Å². The third-order valence-electron chi connectivity index (χ3n) is 4.33. The third-order valence-corrected chi connectivity index (χ3v) is 6.23. The summed E-state index contributed by atoms with van der Waals surface area (Å²) in [4.78, 5) is 24.2. The number of ether oxygens (including phenoxy) is 3. The molecular weight excluding hydrogens is 400 g/mol. The molecule has 2 aromatic rings. The summed E-state index contributed by atoms with van der Waals surface area (Å²) >= 11 is 0. The fourth-order valence-corrected chi connectivity index (χ4v) is 4.25. The highest BCUT2D eigenvalue weighted by Gasteiger charge is 2.27. The fourth-order valence-electron chi connectivity index (χ4n) is 2.80. The van der Waals surface area contributed by atoms with Crippen molar-refractivity contribution in [3.63, 3.8) is 0 Å². The van der Waals surface area contributed by atoms with Crippen molar-refractivity contribution in [1.82, 2.24) is 4.31 Å². The largest absolute Gasteiger partial charge is 0.497 e. The van der Waals surface area contributed by atoms with Gasteiger partial charge in [0.2, 0.25) is 10.0 Å². The van der Waals surface area contributed by atoms with Crippen LogP contribution in [0.3, 0.4) is 0 Å². The van der Waals surface area contributed by atoms with Crippen molar-refractivity contribution < 1.29 is 32.2 Å². The molecule has 29 heavy (non-hydrogen) atoms. The molecule has 1 aliphatic heterocycles. The van der Waals surface area contributed by atoms with Crippen LogP contribution in [-0.2, 0) is 14.8 Å². The van der Waals surface area contributed by atoms with Crippen LogP contribution in [0.4, 0.5) is 0 Å². The number of benzene rings is 2. The van der Waals surface area contributed by atoms with Crippen molar-refractivity contribution in [1.29, 1.82) is 0 Å². The molecule has 9 nitrogen and oxygen atoms in total. The van der Waals surface area contributed by atoms with E-state index in [2.05, 4.69) is 0 Å². The molecule has 1 heterocycles. The molecule has 10 heteroatoms. The van der Waals surface area contributed by atoms with Crippen molar-refractivity contribution >= 4 is 21.9 Å². The second kappa shape index (κ2) is 8.60. The summed E-state index contributed by atoms with van der Waals surface area (Å²) in [6.07, 6.45) is 0. The van der Waals surface area contributed by atoms with Crippen molar-refractivity contribution in [2.45, 2.75) is 4.90 Å². The Bertz CT molecular complexity index is 1030. The lowest BCUT2D eigenvalue weighted by atomic mass is 10.1. The number of nitrogens with zero attached hydrogens (tertiary/aromatic N) is 1. The Labute approximate surface area is 168 Å². The van der Waals surface area contributed by atoms with Crippen molar-refractivity contribution in [3.8, 4) is 11.5 Å². The number of morpholine rings is 1. The number of sulfonamides is 1. The number of amides is 1. The maximum absolute atomic E-state index is 12.8. The monoisotopic (exact) mass is 420 g/mol. The van der Waals surface area contributed by atoms with Crippen LogP contribution in [0.25, 0.3) is 0 Å². The summed E-state index contributed by atoms with van der Waals surface area (Å²) in [6, 6.07) is 9.75. The minimum absolute atomic E-state index is 0.00348. The number of hydrogen-bond donors (Lipinski definition) is 1. The van der Waals surface area contributed by atoms with Gasteiger partial charge in [-0.25, -0.2) is 13.2 Å². The summed E-state index contributed by atoms with van der Waals surface area (Å²) in [5, 5.41) is 0. The molecule has 2 aromatic carbocycles. The SMILES string of the molecule is COc1ccc(C(N)=O)c(OC(=O)c2cccc(S(=O)(=O)N3CCOCC3)c2)c1. The molecule has 0 aliphatic carbocycles. The van der Waals surface area contributed by atoms with E-state index in [-0.39, 0.29) is 34.9 Å². The number of rotatable bonds is 6. The first-order chi connectivity index (χ1) is 13.8. The van der Waals surface area contributed by atoms with E-state index in [0.717, 1.165) is 0 Å². The first-order valence-corrected chi connectivity index (χ1v) is 10.1. The maximum Gasteiger partial charge on any atom is 0.343 e. The Kier molecular flexibility index (Phi) is 6.16. The van der Waals surface area contributed by atoms with Crippen LogP contribution in [0.5, 0.6) is 11.5 Å². The maximum atomic E-state index is 12.8. The number of primary amides is 1. The van der Waals surface area contributed by atoms with E-state index in [1.807, 2.05) is 0 Å². The van der Waals surface area contributed by atoms with Gasteiger partial charge in [0.25, 0.3) is 5.91 Å². The molecule has 0 unspecified atom stereocenters. The lowest BCUT2D eigenvalue weighted by Crippen LogP contribution is -2.40. The standard InChI is InChI=1S/C19H20N2O7S/c1-26-14-5-6-16(18(20)22)17(12-14)28-19(23)13-3-2-4-15(11-13)29(24,25)21-7-9-27-10-8-21/h2-6,11-12H,7-10H2,1H3,(H2,20,22). The van der Waals surface area contributed by atoms with Gasteiger partial charge >= 0.3 is 5.97 Å². The number of methoxy groups -OCH3 is 1. The first kappa shape index (κ1) is 20.8. The van der Waals surface area contributed by atoms with Gasteiger partial charge in [0.05, 0.1) is 36.3 Å². The lowest BCUT2D eigenvalue weighted by Gasteiger charge is -2.26. The number of hydrogen-bond acceptors (Lipinski definition) is 7. The van der Waals surface area contributed by atoms with E-state index in [1.54, 1.807) is 0 Å². The second-order valence-corrected chi connectivity index (χ2v) is 8.10. The van der Waals surface area contributed by atoms with Gasteiger partial charge in [-0.2, -0.15) is 4.31 Å². The van der Waals surface area contributed by atoms with Gasteiger partial charge in [-0.3, -0.25) is 4.79 Å². The Morgan fingerprint density at radius 1 is 1.10 bits per heavy atom. The molecule has 0 aromatic heterocycles. The molecular formula is C19H20N2O7S. The third kappa shape index (κ3) is 4.56. The molecule has 1 aliphatic rings. The van der Waals surface area contributed by atoms with Crippen LogP contribution in [0.1, 0.15) is 20.7 Å². The molecule has 2 N–H and O–H groups in total. The molecule has 0 bridgehead atoms. The summed E-state index contributed by atoms with van der Waals surface area (Å²) in [7, 11) is -2.35. The van der Waals surface area contributed by atoms with Gasteiger partial charge in [-0.1, -0.05) is 6.07 Å². The average molecular weight is 420 g/mol. The van der Waals surface area contributed by atoms with Crippen molar-refractivity contribution in [2.24, 2.45) is 5.73 Å². The summed E-state index contributed by atoms with van der Waals surface area (Å²) < 4.78 is 42.4. The van der Waals surface area contributed by atoms with Gasteiger partial charge in [-0.15, -0.1) is 0 Å².